The molecule has 0 N–H and O–H groups in total. The third kappa shape index (κ3) is 5.30. The van der Waals surface area contributed by atoms with Crippen molar-refractivity contribution in [3.63, 3.8) is 0 Å². The third-order valence-corrected chi connectivity index (χ3v) is 5.59. The molecule has 0 heterocycles. The van der Waals surface area contributed by atoms with Crippen LogP contribution in [0.1, 0.15) is 65.2 Å². The van der Waals surface area contributed by atoms with E-state index in [4.69, 9.17) is 4.74 Å². The number of unbranched alkanes of at least 4 members (excludes halogenated alkanes) is 1. The highest BCUT2D eigenvalue weighted by Gasteiger charge is 2.33. The summed E-state index contributed by atoms with van der Waals surface area (Å²) in [6.07, 6.45) is 11.2. The Bertz CT molecular complexity index is 185. The van der Waals surface area contributed by atoms with E-state index in [1.54, 1.807) is 0 Å². The van der Waals surface area contributed by atoms with Crippen LogP contribution in [0.15, 0.2) is 0 Å². The zero-order valence-electron chi connectivity index (χ0n) is 11.6. The van der Waals surface area contributed by atoms with E-state index in [9.17, 15) is 0 Å². The Morgan fingerprint density at radius 1 is 1.24 bits per heavy atom. The molecular formula is C15H29BrO. The van der Waals surface area contributed by atoms with E-state index in [1.165, 1.54) is 51.4 Å². The number of ether oxygens (including phenoxy) is 1. The first-order chi connectivity index (χ1) is 8.26. The minimum absolute atomic E-state index is 0.540. The molecule has 0 spiro atoms. The normalized spacial score (nSPS) is 29.5. The van der Waals surface area contributed by atoms with E-state index < -0.39 is 0 Å². The molecule has 0 aliphatic heterocycles. The zero-order chi connectivity index (χ0) is 12.6. The predicted molar refractivity (Wildman–Crippen MR) is 78.8 cm³/mol. The first-order valence-electron chi connectivity index (χ1n) is 7.40. The summed E-state index contributed by atoms with van der Waals surface area (Å²) >= 11 is 3.74. The van der Waals surface area contributed by atoms with Gasteiger partial charge >= 0.3 is 0 Å². The van der Waals surface area contributed by atoms with Crippen molar-refractivity contribution in [1.29, 1.82) is 0 Å². The Hall–Kier alpha value is 0.440. The van der Waals surface area contributed by atoms with Gasteiger partial charge in [-0.15, -0.1) is 0 Å². The molecule has 0 aromatic carbocycles. The standard InChI is InChI=1S/C15H29BrO/c1-3-5-6-14-7-9-15(13-16,10-8-14)11-12-17-4-2/h14H,3-13H2,1-2H3. The molecule has 1 nitrogen and oxygen atoms in total. The molecule has 0 unspecified atom stereocenters. The second kappa shape index (κ2) is 8.53. The van der Waals surface area contributed by atoms with Crippen LogP contribution in [0.2, 0.25) is 0 Å². The molecular weight excluding hydrogens is 276 g/mol. The summed E-state index contributed by atoms with van der Waals surface area (Å²) in [7, 11) is 0. The summed E-state index contributed by atoms with van der Waals surface area (Å²) < 4.78 is 5.53. The van der Waals surface area contributed by atoms with Crippen molar-refractivity contribution >= 4 is 15.9 Å². The first kappa shape index (κ1) is 15.5. The molecule has 0 radical (unpaired) electrons. The molecule has 1 saturated carbocycles. The molecule has 17 heavy (non-hydrogen) atoms. The Morgan fingerprint density at radius 3 is 2.47 bits per heavy atom. The van der Waals surface area contributed by atoms with Crippen LogP contribution in [-0.4, -0.2) is 18.5 Å². The lowest BCUT2D eigenvalue weighted by Gasteiger charge is -2.39. The van der Waals surface area contributed by atoms with Crippen LogP contribution in [-0.2, 0) is 4.74 Å². The van der Waals surface area contributed by atoms with Gasteiger partial charge in [0.1, 0.15) is 0 Å². The van der Waals surface area contributed by atoms with Gasteiger partial charge < -0.3 is 4.74 Å². The van der Waals surface area contributed by atoms with Gasteiger partial charge in [0.25, 0.3) is 0 Å². The highest BCUT2D eigenvalue weighted by molar-refractivity contribution is 9.09. The predicted octanol–water partition coefficient (Wildman–Crippen LogP) is 5.17. The van der Waals surface area contributed by atoms with Crippen molar-refractivity contribution in [3.8, 4) is 0 Å². The molecule has 2 heteroatoms. The van der Waals surface area contributed by atoms with E-state index >= 15 is 0 Å². The quantitative estimate of drug-likeness (QED) is 0.444. The average molecular weight is 305 g/mol. The maximum absolute atomic E-state index is 5.53. The zero-order valence-corrected chi connectivity index (χ0v) is 13.2. The highest BCUT2D eigenvalue weighted by atomic mass is 79.9. The van der Waals surface area contributed by atoms with Gasteiger partial charge in [0.2, 0.25) is 0 Å². The largest absolute Gasteiger partial charge is 0.382 e. The molecule has 1 fully saturated rings. The second-order valence-electron chi connectivity index (χ2n) is 5.67. The van der Waals surface area contributed by atoms with E-state index in [2.05, 4.69) is 29.8 Å². The van der Waals surface area contributed by atoms with Gasteiger partial charge in [-0.3, -0.25) is 0 Å². The van der Waals surface area contributed by atoms with Crippen molar-refractivity contribution in [2.45, 2.75) is 65.2 Å². The topological polar surface area (TPSA) is 9.23 Å². The lowest BCUT2D eigenvalue weighted by Crippen LogP contribution is -2.30. The Labute approximate surface area is 116 Å². The van der Waals surface area contributed by atoms with Crippen LogP contribution in [0.25, 0.3) is 0 Å². The maximum atomic E-state index is 5.53. The van der Waals surface area contributed by atoms with E-state index in [0.717, 1.165) is 24.5 Å². The Balaban J connectivity index is 2.29. The highest BCUT2D eigenvalue weighted by Crippen LogP contribution is 2.44. The molecule has 102 valence electrons. The molecule has 1 aliphatic rings. The summed E-state index contributed by atoms with van der Waals surface area (Å²) in [5, 5.41) is 1.16. The third-order valence-electron chi connectivity index (χ3n) is 4.40. The number of rotatable bonds is 8. The average Bonchev–Trinajstić information content (AvgIpc) is 2.38. The molecule has 0 saturated heterocycles. The Morgan fingerprint density at radius 2 is 1.94 bits per heavy atom. The molecule has 0 aromatic heterocycles. The van der Waals surface area contributed by atoms with Crippen molar-refractivity contribution in [1.82, 2.24) is 0 Å². The number of hydrogen-bond acceptors (Lipinski definition) is 1. The van der Waals surface area contributed by atoms with Crippen molar-refractivity contribution in [3.05, 3.63) is 0 Å². The number of hydrogen-bond donors (Lipinski definition) is 0. The van der Waals surface area contributed by atoms with Crippen LogP contribution in [0.4, 0.5) is 0 Å². The van der Waals surface area contributed by atoms with Gasteiger partial charge in [0.05, 0.1) is 0 Å². The molecule has 0 amide bonds. The molecule has 0 bridgehead atoms. The minimum Gasteiger partial charge on any atom is -0.382 e. The Kier molecular flexibility index (Phi) is 7.77. The summed E-state index contributed by atoms with van der Waals surface area (Å²) in [6, 6.07) is 0. The number of alkyl halides is 1. The van der Waals surface area contributed by atoms with Crippen LogP contribution in [0, 0.1) is 11.3 Å². The summed E-state index contributed by atoms with van der Waals surface area (Å²) in [4.78, 5) is 0. The van der Waals surface area contributed by atoms with Gasteiger partial charge in [-0.25, -0.2) is 0 Å². The smallest absolute Gasteiger partial charge is 0.0471 e. The van der Waals surface area contributed by atoms with Gasteiger partial charge in [0, 0.05) is 18.5 Å². The van der Waals surface area contributed by atoms with Crippen LogP contribution < -0.4 is 0 Å². The van der Waals surface area contributed by atoms with Gasteiger partial charge in [-0.1, -0.05) is 42.1 Å². The van der Waals surface area contributed by atoms with Crippen molar-refractivity contribution in [2.75, 3.05) is 18.5 Å². The van der Waals surface area contributed by atoms with Crippen molar-refractivity contribution < 1.29 is 4.74 Å². The van der Waals surface area contributed by atoms with Gasteiger partial charge in [0.15, 0.2) is 0 Å². The second-order valence-corrected chi connectivity index (χ2v) is 6.23. The van der Waals surface area contributed by atoms with E-state index in [0.29, 0.717) is 5.41 Å². The van der Waals surface area contributed by atoms with Crippen LogP contribution >= 0.6 is 15.9 Å². The molecule has 0 aromatic rings. The SMILES string of the molecule is CCCCC1CCC(CBr)(CCOCC)CC1. The summed E-state index contributed by atoms with van der Waals surface area (Å²) in [5.41, 5.74) is 0.540. The fourth-order valence-electron chi connectivity index (χ4n) is 2.95. The lowest BCUT2D eigenvalue weighted by atomic mass is 9.69. The molecule has 1 rings (SSSR count). The van der Waals surface area contributed by atoms with Gasteiger partial charge in [-0.05, 0) is 50.4 Å². The molecule has 1 aliphatic carbocycles. The fourth-order valence-corrected chi connectivity index (χ4v) is 3.80. The first-order valence-corrected chi connectivity index (χ1v) is 8.52. The minimum atomic E-state index is 0.540. The summed E-state index contributed by atoms with van der Waals surface area (Å²) in [6.45, 7) is 6.19. The van der Waals surface area contributed by atoms with E-state index in [1.807, 2.05) is 0 Å². The lowest BCUT2D eigenvalue weighted by molar-refractivity contribution is 0.0811. The van der Waals surface area contributed by atoms with Crippen LogP contribution in [0.3, 0.4) is 0 Å². The van der Waals surface area contributed by atoms with Gasteiger partial charge in [-0.2, -0.15) is 0 Å². The van der Waals surface area contributed by atoms with E-state index in [-0.39, 0.29) is 0 Å². The number of halogens is 1. The maximum Gasteiger partial charge on any atom is 0.0471 e. The fraction of sp³-hybridized carbons (Fsp3) is 1.00. The van der Waals surface area contributed by atoms with Crippen molar-refractivity contribution in [2.24, 2.45) is 11.3 Å². The monoisotopic (exact) mass is 304 g/mol. The van der Waals surface area contributed by atoms with Crippen LogP contribution in [0.5, 0.6) is 0 Å². The molecule has 0 atom stereocenters. The summed E-state index contributed by atoms with van der Waals surface area (Å²) in [5.74, 6) is 1.01.